The number of hydrogen-bond donors (Lipinski definition) is 2. The van der Waals surface area contributed by atoms with Gasteiger partial charge in [-0.05, 0) is 48.4 Å². The Hall–Kier alpha value is -2.56. The monoisotopic (exact) mass is 541 g/mol. The predicted molar refractivity (Wildman–Crippen MR) is 132 cm³/mol. The van der Waals surface area contributed by atoms with E-state index in [0.29, 0.717) is 5.75 Å². The molecule has 0 atom stereocenters. The maximum absolute atomic E-state index is 13.1. The molecule has 0 radical (unpaired) electrons. The van der Waals surface area contributed by atoms with E-state index < -0.39 is 5.91 Å². The molecule has 0 spiro atoms. The van der Waals surface area contributed by atoms with Crippen LogP contribution in [0.5, 0.6) is 5.75 Å². The van der Waals surface area contributed by atoms with Crippen molar-refractivity contribution in [3.8, 4) is 5.75 Å². The van der Waals surface area contributed by atoms with Gasteiger partial charge in [0.1, 0.15) is 11.6 Å². The minimum absolute atomic E-state index is 0. The quantitative estimate of drug-likeness (QED) is 0.319. The molecule has 1 heterocycles. The maximum Gasteiger partial charge on any atom is 0.255 e. The number of guanidine groups is 1. The summed E-state index contributed by atoms with van der Waals surface area (Å²) in [6.45, 7) is 4.06. The predicted octanol–water partition coefficient (Wildman–Crippen LogP) is 2.25. The molecule has 1 aliphatic heterocycles. The van der Waals surface area contributed by atoms with Crippen LogP contribution in [-0.4, -0.2) is 63.1 Å². The summed E-state index contributed by atoms with van der Waals surface area (Å²) in [5.41, 5.74) is 7.28. The fraction of sp³-hybridized carbons (Fsp3) is 0.364. The van der Waals surface area contributed by atoms with Gasteiger partial charge in [-0.15, -0.1) is 24.0 Å². The van der Waals surface area contributed by atoms with Crippen LogP contribution in [0.15, 0.2) is 53.5 Å². The summed E-state index contributed by atoms with van der Waals surface area (Å²) < 4.78 is 18.4. The summed E-state index contributed by atoms with van der Waals surface area (Å²) >= 11 is 0. The summed E-state index contributed by atoms with van der Waals surface area (Å²) in [6.07, 6.45) is 0.838. The molecule has 3 N–H and O–H groups in total. The summed E-state index contributed by atoms with van der Waals surface area (Å²) in [5, 5.41) is 3.42. The van der Waals surface area contributed by atoms with E-state index in [1.165, 1.54) is 12.1 Å². The molecule has 9 heteroatoms. The second-order valence-electron chi connectivity index (χ2n) is 7.07. The highest BCUT2D eigenvalue weighted by Crippen LogP contribution is 2.17. The van der Waals surface area contributed by atoms with Gasteiger partial charge in [-0.1, -0.05) is 12.1 Å². The third-order valence-corrected chi connectivity index (χ3v) is 4.98. The van der Waals surface area contributed by atoms with E-state index in [0.717, 1.165) is 56.4 Å². The van der Waals surface area contributed by atoms with E-state index in [9.17, 15) is 9.18 Å². The molecule has 0 saturated carbocycles. The molecule has 3 rings (SSSR count). The normalized spacial score (nSPS) is 14.1. The standard InChI is InChI=1S/C22H28FN5O2.HI/c1-25-22(26-11-10-17-2-8-20(9-3-17)30-16-21(24)29)28-14-12-27(13-15-28)19-6-4-18(23)5-7-19;/h2-9H,10-16H2,1H3,(H2,24,29)(H,25,26);1H. The van der Waals surface area contributed by atoms with Crippen molar-refractivity contribution in [2.24, 2.45) is 10.7 Å². The molecule has 0 unspecified atom stereocenters. The van der Waals surface area contributed by atoms with Crippen LogP contribution in [0.2, 0.25) is 0 Å². The molecule has 0 bridgehead atoms. The average molecular weight is 541 g/mol. The van der Waals surface area contributed by atoms with Gasteiger partial charge in [0, 0.05) is 45.5 Å². The first kappa shape index (κ1) is 24.7. The van der Waals surface area contributed by atoms with Crippen molar-refractivity contribution in [3.05, 3.63) is 59.9 Å². The van der Waals surface area contributed by atoms with Crippen molar-refractivity contribution in [2.45, 2.75) is 6.42 Å². The summed E-state index contributed by atoms with van der Waals surface area (Å²) in [7, 11) is 1.79. The molecule has 2 aromatic carbocycles. The van der Waals surface area contributed by atoms with Gasteiger partial charge in [-0.25, -0.2) is 4.39 Å². The Balaban J connectivity index is 0.00000341. The number of ether oxygens (including phenoxy) is 1. The van der Waals surface area contributed by atoms with Crippen LogP contribution in [0.25, 0.3) is 0 Å². The van der Waals surface area contributed by atoms with Gasteiger partial charge in [0.15, 0.2) is 12.6 Å². The van der Waals surface area contributed by atoms with E-state index >= 15 is 0 Å². The smallest absolute Gasteiger partial charge is 0.255 e. The number of aliphatic imine (C=N–C) groups is 1. The molecule has 1 fully saturated rings. The number of halogens is 2. The second kappa shape index (κ2) is 12.3. The summed E-state index contributed by atoms with van der Waals surface area (Å²) in [5.74, 6) is 0.804. The minimum Gasteiger partial charge on any atom is -0.484 e. The Kier molecular flexibility index (Phi) is 9.83. The number of piperazine rings is 1. The number of primary amides is 1. The first-order chi connectivity index (χ1) is 14.5. The SMILES string of the molecule is CN=C(NCCc1ccc(OCC(N)=O)cc1)N1CCN(c2ccc(F)cc2)CC1.I. The van der Waals surface area contributed by atoms with Crippen molar-refractivity contribution in [3.63, 3.8) is 0 Å². The van der Waals surface area contributed by atoms with E-state index in [-0.39, 0.29) is 36.4 Å². The topological polar surface area (TPSA) is 83.2 Å². The van der Waals surface area contributed by atoms with E-state index in [1.807, 2.05) is 36.4 Å². The fourth-order valence-electron chi connectivity index (χ4n) is 3.39. The lowest BCUT2D eigenvalue weighted by molar-refractivity contribution is -0.119. The van der Waals surface area contributed by atoms with Crippen LogP contribution >= 0.6 is 24.0 Å². The van der Waals surface area contributed by atoms with Crippen molar-refractivity contribution < 1.29 is 13.9 Å². The molecule has 31 heavy (non-hydrogen) atoms. The number of nitrogens with two attached hydrogens (primary N) is 1. The first-order valence-electron chi connectivity index (χ1n) is 10.0. The minimum atomic E-state index is -0.492. The van der Waals surface area contributed by atoms with Gasteiger partial charge < -0.3 is 25.6 Å². The number of nitrogens with zero attached hydrogens (tertiary/aromatic N) is 3. The number of carbonyl (C=O) groups is 1. The zero-order valence-corrected chi connectivity index (χ0v) is 19.9. The van der Waals surface area contributed by atoms with Crippen LogP contribution in [0.4, 0.5) is 10.1 Å². The van der Waals surface area contributed by atoms with Gasteiger partial charge in [0.2, 0.25) is 0 Å². The largest absolute Gasteiger partial charge is 0.484 e. The van der Waals surface area contributed by atoms with Gasteiger partial charge in [0.25, 0.3) is 5.91 Å². The molecular formula is C22H29FIN5O2. The lowest BCUT2D eigenvalue weighted by Crippen LogP contribution is -2.52. The van der Waals surface area contributed by atoms with Crippen molar-refractivity contribution in [1.29, 1.82) is 0 Å². The fourth-order valence-corrected chi connectivity index (χ4v) is 3.39. The van der Waals surface area contributed by atoms with Gasteiger partial charge in [-0.3, -0.25) is 9.79 Å². The number of rotatable bonds is 7. The number of amides is 1. The Labute approximate surface area is 199 Å². The summed E-state index contributed by atoms with van der Waals surface area (Å²) in [4.78, 5) is 19.7. The second-order valence-corrected chi connectivity index (χ2v) is 7.07. The number of nitrogens with one attached hydrogen (secondary N) is 1. The highest BCUT2D eigenvalue weighted by Gasteiger charge is 2.19. The number of hydrogen-bond acceptors (Lipinski definition) is 4. The van der Waals surface area contributed by atoms with Gasteiger partial charge in [0.05, 0.1) is 0 Å². The molecule has 7 nitrogen and oxygen atoms in total. The highest BCUT2D eigenvalue weighted by atomic mass is 127. The van der Waals surface area contributed by atoms with Crippen LogP contribution in [0.3, 0.4) is 0 Å². The van der Waals surface area contributed by atoms with Crippen molar-refractivity contribution >= 4 is 41.5 Å². The molecule has 0 aliphatic carbocycles. The zero-order chi connectivity index (χ0) is 21.3. The number of carbonyl (C=O) groups excluding carboxylic acids is 1. The maximum atomic E-state index is 13.1. The van der Waals surface area contributed by atoms with E-state index in [2.05, 4.69) is 20.1 Å². The Morgan fingerprint density at radius 2 is 1.74 bits per heavy atom. The Bertz CT molecular complexity index is 853. The van der Waals surface area contributed by atoms with Crippen LogP contribution in [-0.2, 0) is 11.2 Å². The molecule has 168 valence electrons. The van der Waals surface area contributed by atoms with E-state index in [4.69, 9.17) is 10.5 Å². The molecule has 1 aliphatic rings. The molecule has 2 aromatic rings. The molecular weight excluding hydrogens is 512 g/mol. The van der Waals surface area contributed by atoms with Crippen molar-refractivity contribution in [2.75, 3.05) is 51.3 Å². The number of benzene rings is 2. The lowest BCUT2D eigenvalue weighted by atomic mass is 10.1. The third kappa shape index (κ3) is 7.57. The summed E-state index contributed by atoms with van der Waals surface area (Å²) in [6, 6.07) is 14.3. The Morgan fingerprint density at radius 3 is 2.32 bits per heavy atom. The lowest BCUT2D eigenvalue weighted by Gasteiger charge is -2.37. The molecule has 1 amide bonds. The zero-order valence-electron chi connectivity index (χ0n) is 17.6. The van der Waals surface area contributed by atoms with Crippen molar-refractivity contribution in [1.82, 2.24) is 10.2 Å². The third-order valence-electron chi connectivity index (χ3n) is 4.98. The van der Waals surface area contributed by atoms with Crippen LogP contribution in [0.1, 0.15) is 5.56 Å². The first-order valence-corrected chi connectivity index (χ1v) is 10.0. The van der Waals surface area contributed by atoms with Crippen LogP contribution in [0, 0.1) is 5.82 Å². The van der Waals surface area contributed by atoms with Gasteiger partial charge >= 0.3 is 0 Å². The van der Waals surface area contributed by atoms with Gasteiger partial charge in [-0.2, -0.15) is 0 Å². The number of anilines is 1. The molecule has 0 aromatic heterocycles. The molecule has 1 saturated heterocycles. The highest BCUT2D eigenvalue weighted by molar-refractivity contribution is 14.0. The average Bonchev–Trinajstić information content (AvgIpc) is 2.77. The van der Waals surface area contributed by atoms with E-state index in [1.54, 1.807) is 7.05 Å². The van der Waals surface area contributed by atoms with Crippen LogP contribution < -0.4 is 20.7 Å². The Morgan fingerprint density at radius 1 is 1.10 bits per heavy atom.